The first kappa shape index (κ1) is 13.2. The summed E-state index contributed by atoms with van der Waals surface area (Å²) in [6, 6.07) is 5.43. The van der Waals surface area contributed by atoms with Crippen LogP contribution in [0.3, 0.4) is 0 Å². The number of hydrogen-bond donors (Lipinski definition) is 1. The van der Waals surface area contributed by atoms with Gasteiger partial charge in [-0.1, -0.05) is 19.1 Å². The highest BCUT2D eigenvalue weighted by Gasteiger charge is 2.22. The molecule has 1 N–H and O–H groups in total. The summed E-state index contributed by atoms with van der Waals surface area (Å²) < 4.78 is 32.8. The molecule has 0 aliphatic rings. The van der Waals surface area contributed by atoms with E-state index in [0.717, 1.165) is 11.6 Å². The molecule has 0 saturated carbocycles. The molecule has 0 aliphatic heterocycles. The average molecular weight is 316 g/mol. The van der Waals surface area contributed by atoms with Crippen molar-refractivity contribution >= 4 is 15.9 Å². The van der Waals surface area contributed by atoms with Crippen molar-refractivity contribution in [3.05, 3.63) is 58.0 Å². The molecule has 0 aliphatic carbocycles. The van der Waals surface area contributed by atoms with Crippen LogP contribution in [0.25, 0.3) is 0 Å². The number of halogens is 3. The van der Waals surface area contributed by atoms with Crippen LogP contribution in [0.5, 0.6) is 0 Å². The highest BCUT2D eigenvalue weighted by molar-refractivity contribution is 9.10. The van der Waals surface area contributed by atoms with Crippen molar-refractivity contribution in [3.8, 4) is 0 Å². The van der Waals surface area contributed by atoms with Crippen LogP contribution in [0.4, 0.5) is 8.78 Å². The molecular weight excluding hydrogens is 304 g/mol. The molecule has 0 saturated heterocycles. The monoisotopic (exact) mass is 315 g/mol. The number of furan rings is 1. The Balaban J connectivity index is 2.48. The van der Waals surface area contributed by atoms with Gasteiger partial charge in [0.15, 0.2) is 16.3 Å². The predicted octanol–water partition coefficient (Wildman–Crippen LogP) is 4.02. The van der Waals surface area contributed by atoms with E-state index in [1.54, 1.807) is 12.1 Å². The maximum atomic E-state index is 13.8. The van der Waals surface area contributed by atoms with Crippen LogP contribution in [-0.2, 0) is 0 Å². The summed E-state index contributed by atoms with van der Waals surface area (Å²) in [6.07, 6.45) is 1.50. The molecule has 2 nitrogen and oxygen atoms in total. The molecule has 1 atom stereocenters. The van der Waals surface area contributed by atoms with Crippen molar-refractivity contribution in [1.82, 2.24) is 5.32 Å². The van der Waals surface area contributed by atoms with Crippen molar-refractivity contribution in [3.63, 3.8) is 0 Å². The van der Waals surface area contributed by atoms with Gasteiger partial charge in [-0.3, -0.25) is 0 Å². The molecule has 0 spiro atoms. The zero-order valence-electron chi connectivity index (χ0n) is 9.71. The summed E-state index contributed by atoms with van der Waals surface area (Å²) in [6.45, 7) is 2.52. The quantitative estimate of drug-likeness (QED) is 0.922. The van der Waals surface area contributed by atoms with Gasteiger partial charge in [-0.05, 0) is 34.6 Å². The topological polar surface area (TPSA) is 25.2 Å². The molecular formula is C13H12BrF2NO. The van der Waals surface area contributed by atoms with Gasteiger partial charge in [0.05, 0.1) is 12.3 Å². The first-order valence-electron chi connectivity index (χ1n) is 5.55. The van der Waals surface area contributed by atoms with Crippen molar-refractivity contribution in [2.24, 2.45) is 0 Å². The Hall–Kier alpha value is -1.20. The van der Waals surface area contributed by atoms with Gasteiger partial charge in [-0.15, -0.1) is 0 Å². The zero-order valence-corrected chi connectivity index (χ0v) is 11.3. The van der Waals surface area contributed by atoms with Crippen LogP contribution >= 0.6 is 15.9 Å². The van der Waals surface area contributed by atoms with Crippen molar-refractivity contribution in [1.29, 1.82) is 0 Å². The Labute approximate surface area is 112 Å². The van der Waals surface area contributed by atoms with Gasteiger partial charge in [0.2, 0.25) is 0 Å². The van der Waals surface area contributed by atoms with Crippen LogP contribution in [0.2, 0.25) is 0 Å². The van der Waals surface area contributed by atoms with Gasteiger partial charge in [-0.2, -0.15) is 0 Å². The summed E-state index contributed by atoms with van der Waals surface area (Å²) in [7, 11) is 0. The summed E-state index contributed by atoms with van der Waals surface area (Å²) >= 11 is 3.25. The molecule has 0 radical (unpaired) electrons. The second kappa shape index (κ2) is 5.63. The SMILES string of the molecule is CCNC(c1ccoc1Br)c1cccc(F)c1F. The Bertz CT molecular complexity index is 542. The van der Waals surface area contributed by atoms with E-state index >= 15 is 0 Å². The lowest BCUT2D eigenvalue weighted by atomic mass is 10.0. The molecule has 0 bridgehead atoms. The Morgan fingerprint density at radius 2 is 2.06 bits per heavy atom. The third-order valence-corrected chi connectivity index (χ3v) is 3.30. The molecule has 96 valence electrons. The molecule has 1 heterocycles. The zero-order chi connectivity index (χ0) is 13.1. The van der Waals surface area contributed by atoms with Crippen LogP contribution < -0.4 is 5.32 Å². The van der Waals surface area contributed by atoms with Gasteiger partial charge in [0, 0.05) is 11.1 Å². The summed E-state index contributed by atoms with van der Waals surface area (Å²) in [5.41, 5.74) is 1.00. The Kier molecular flexibility index (Phi) is 4.14. The van der Waals surface area contributed by atoms with Gasteiger partial charge in [0.1, 0.15) is 0 Å². The summed E-state index contributed by atoms with van der Waals surface area (Å²) in [5.74, 6) is -1.69. The third-order valence-electron chi connectivity index (χ3n) is 2.66. The summed E-state index contributed by atoms with van der Waals surface area (Å²) in [4.78, 5) is 0. The first-order chi connectivity index (χ1) is 8.65. The van der Waals surface area contributed by atoms with Crippen molar-refractivity contribution in [2.75, 3.05) is 6.54 Å². The molecule has 0 fully saturated rings. The van der Waals surface area contributed by atoms with Crippen LogP contribution in [0, 0.1) is 11.6 Å². The van der Waals surface area contributed by atoms with Crippen LogP contribution in [0.15, 0.2) is 39.6 Å². The fourth-order valence-corrected chi connectivity index (χ4v) is 2.31. The standard InChI is InChI=1S/C13H12BrF2NO/c1-2-17-12(9-6-7-18-13(9)14)8-4-3-5-10(15)11(8)16/h3-7,12,17H,2H2,1H3. The molecule has 2 aromatic rings. The molecule has 1 aromatic heterocycles. The molecule has 1 aromatic carbocycles. The molecule has 5 heteroatoms. The first-order valence-corrected chi connectivity index (χ1v) is 6.34. The number of rotatable bonds is 4. The van der Waals surface area contributed by atoms with Gasteiger partial charge >= 0.3 is 0 Å². The molecule has 0 amide bonds. The highest BCUT2D eigenvalue weighted by Crippen LogP contribution is 2.31. The minimum atomic E-state index is -0.852. The van der Waals surface area contributed by atoms with E-state index in [-0.39, 0.29) is 5.56 Å². The van der Waals surface area contributed by atoms with E-state index in [2.05, 4.69) is 21.2 Å². The fourth-order valence-electron chi connectivity index (χ4n) is 1.85. The largest absolute Gasteiger partial charge is 0.457 e. The van der Waals surface area contributed by atoms with Gasteiger partial charge in [-0.25, -0.2) is 8.78 Å². The molecule has 1 unspecified atom stereocenters. The van der Waals surface area contributed by atoms with E-state index in [9.17, 15) is 8.78 Å². The number of benzene rings is 1. The van der Waals surface area contributed by atoms with E-state index in [0.29, 0.717) is 11.2 Å². The van der Waals surface area contributed by atoms with Gasteiger partial charge in [0.25, 0.3) is 0 Å². The average Bonchev–Trinajstić information content (AvgIpc) is 2.76. The minimum Gasteiger partial charge on any atom is -0.457 e. The molecule has 18 heavy (non-hydrogen) atoms. The smallest absolute Gasteiger partial charge is 0.174 e. The second-order valence-electron chi connectivity index (χ2n) is 3.78. The van der Waals surface area contributed by atoms with Crippen molar-refractivity contribution in [2.45, 2.75) is 13.0 Å². The maximum absolute atomic E-state index is 13.8. The normalized spacial score (nSPS) is 12.7. The lowest BCUT2D eigenvalue weighted by molar-refractivity contribution is 0.478. The van der Waals surface area contributed by atoms with Crippen LogP contribution in [0.1, 0.15) is 24.1 Å². The minimum absolute atomic E-state index is 0.263. The fraction of sp³-hybridized carbons (Fsp3) is 0.231. The summed E-state index contributed by atoms with van der Waals surface area (Å²) in [5, 5.41) is 3.11. The van der Waals surface area contributed by atoms with E-state index in [1.165, 1.54) is 12.3 Å². The number of hydrogen-bond acceptors (Lipinski definition) is 2. The highest BCUT2D eigenvalue weighted by atomic mass is 79.9. The predicted molar refractivity (Wildman–Crippen MR) is 68.3 cm³/mol. The number of nitrogens with one attached hydrogen (secondary N) is 1. The van der Waals surface area contributed by atoms with Crippen LogP contribution in [-0.4, -0.2) is 6.54 Å². The van der Waals surface area contributed by atoms with E-state index in [1.807, 2.05) is 6.92 Å². The lowest BCUT2D eigenvalue weighted by Crippen LogP contribution is -2.23. The molecule has 2 rings (SSSR count). The lowest BCUT2D eigenvalue weighted by Gasteiger charge is -2.18. The van der Waals surface area contributed by atoms with Crippen molar-refractivity contribution < 1.29 is 13.2 Å². The van der Waals surface area contributed by atoms with Gasteiger partial charge < -0.3 is 9.73 Å². The third kappa shape index (κ3) is 2.47. The van der Waals surface area contributed by atoms with E-state index in [4.69, 9.17) is 4.42 Å². The Morgan fingerprint density at radius 3 is 2.67 bits per heavy atom. The Morgan fingerprint density at radius 1 is 1.28 bits per heavy atom. The maximum Gasteiger partial charge on any atom is 0.174 e. The second-order valence-corrected chi connectivity index (χ2v) is 4.50. The van der Waals surface area contributed by atoms with E-state index < -0.39 is 17.7 Å².